The van der Waals surface area contributed by atoms with E-state index in [2.05, 4.69) is 22.6 Å². The number of aromatic carboxylic acids is 1. The number of carbonyl (C=O) groups excluding carboxylic acids is 1. The van der Waals surface area contributed by atoms with Crippen LogP contribution >= 0.6 is 34.4 Å². The molecule has 2 saturated carbocycles. The summed E-state index contributed by atoms with van der Waals surface area (Å²) in [7, 11) is 0. The predicted molar refractivity (Wildman–Crippen MR) is 160 cm³/mol. The number of amidine groups is 1. The monoisotopic (exact) mass is 644 g/mol. The van der Waals surface area contributed by atoms with Gasteiger partial charge in [-0.3, -0.25) is 14.7 Å². The van der Waals surface area contributed by atoms with Gasteiger partial charge >= 0.3 is 5.97 Å². The third kappa shape index (κ3) is 6.62. The normalized spacial score (nSPS) is 21.4. The first-order valence-corrected chi connectivity index (χ1v) is 15.4. The zero-order chi connectivity index (χ0) is 26.5. The second kappa shape index (κ2) is 12.7. The molecule has 1 aliphatic heterocycles. The standard InChI is InChI=1S/C30H33IN2O4S/c31-25-17-21(13-16-26(25)37-19-20-11-14-22(15-12-20)29(35)36)18-27-28(34)33(24-9-5-2-6-10-24)30(38-27)32-23-7-3-1-4-8-23/h11-18,23-24H,1-10,19H2,(H,35,36). The molecule has 1 N–H and O–H groups in total. The van der Waals surface area contributed by atoms with E-state index in [1.165, 1.54) is 38.5 Å². The van der Waals surface area contributed by atoms with Crippen molar-refractivity contribution in [3.8, 4) is 5.75 Å². The predicted octanol–water partition coefficient (Wildman–Crippen LogP) is 7.51. The average molecular weight is 645 g/mol. The van der Waals surface area contributed by atoms with E-state index in [9.17, 15) is 9.59 Å². The molecule has 3 fully saturated rings. The summed E-state index contributed by atoms with van der Waals surface area (Å²) in [6.07, 6.45) is 13.7. The van der Waals surface area contributed by atoms with E-state index >= 15 is 0 Å². The third-order valence-corrected chi connectivity index (χ3v) is 9.33. The summed E-state index contributed by atoms with van der Waals surface area (Å²) in [6.45, 7) is 0.349. The molecule has 1 saturated heterocycles. The molecule has 6 nitrogen and oxygen atoms in total. The molecule has 0 spiro atoms. The number of carboxylic acids is 1. The number of aliphatic imine (C=N–C) groups is 1. The largest absolute Gasteiger partial charge is 0.488 e. The van der Waals surface area contributed by atoms with E-state index in [0.29, 0.717) is 12.6 Å². The summed E-state index contributed by atoms with van der Waals surface area (Å²) in [5.74, 6) is -0.0923. The lowest BCUT2D eigenvalue weighted by molar-refractivity contribution is -0.124. The molecule has 0 radical (unpaired) electrons. The highest BCUT2D eigenvalue weighted by molar-refractivity contribution is 14.1. The third-order valence-electron chi connectivity index (χ3n) is 7.49. The van der Waals surface area contributed by atoms with Crippen LogP contribution in [0, 0.1) is 3.57 Å². The summed E-state index contributed by atoms with van der Waals surface area (Å²) in [5, 5.41) is 9.97. The molecule has 1 heterocycles. The van der Waals surface area contributed by atoms with Crippen molar-refractivity contribution < 1.29 is 19.4 Å². The molecule has 2 aromatic rings. The van der Waals surface area contributed by atoms with Crippen LogP contribution in [0.3, 0.4) is 0 Å². The van der Waals surface area contributed by atoms with Crippen molar-refractivity contribution in [3.63, 3.8) is 0 Å². The lowest BCUT2D eigenvalue weighted by Gasteiger charge is -2.31. The molecular formula is C30H33IN2O4S. The van der Waals surface area contributed by atoms with E-state index in [1.54, 1.807) is 36.0 Å². The van der Waals surface area contributed by atoms with Crippen LogP contribution in [0.5, 0.6) is 5.75 Å². The molecular weight excluding hydrogens is 611 g/mol. The van der Waals surface area contributed by atoms with Crippen molar-refractivity contribution in [2.75, 3.05) is 0 Å². The maximum absolute atomic E-state index is 13.6. The van der Waals surface area contributed by atoms with Crippen molar-refractivity contribution in [2.24, 2.45) is 4.99 Å². The molecule has 38 heavy (non-hydrogen) atoms. The van der Waals surface area contributed by atoms with Crippen molar-refractivity contribution in [1.82, 2.24) is 4.90 Å². The van der Waals surface area contributed by atoms with Gasteiger partial charge in [0.15, 0.2) is 5.17 Å². The number of amides is 1. The highest BCUT2D eigenvalue weighted by atomic mass is 127. The van der Waals surface area contributed by atoms with E-state index < -0.39 is 5.97 Å². The molecule has 0 unspecified atom stereocenters. The Morgan fingerprint density at radius 1 is 1.03 bits per heavy atom. The van der Waals surface area contributed by atoms with Crippen LogP contribution in [0.4, 0.5) is 0 Å². The van der Waals surface area contributed by atoms with Gasteiger partial charge in [0, 0.05) is 6.04 Å². The molecule has 0 atom stereocenters. The molecule has 3 aliphatic rings. The number of carbonyl (C=O) groups is 2. The zero-order valence-electron chi connectivity index (χ0n) is 21.4. The Balaban J connectivity index is 1.31. The first-order valence-electron chi connectivity index (χ1n) is 13.5. The number of rotatable bonds is 7. The minimum absolute atomic E-state index is 0.0941. The SMILES string of the molecule is O=C(O)c1ccc(COc2ccc(C=C3SC(=NC4CCCCC4)N(C4CCCCC4)C3=O)cc2I)cc1. The number of nitrogens with zero attached hydrogens (tertiary/aromatic N) is 2. The Morgan fingerprint density at radius 2 is 1.71 bits per heavy atom. The van der Waals surface area contributed by atoms with Crippen LogP contribution < -0.4 is 4.74 Å². The van der Waals surface area contributed by atoms with Crippen LogP contribution in [0.15, 0.2) is 52.4 Å². The molecule has 5 rings (SSSR count). The molecule has 2 aliphatic carbocycles. The Morgan fingerprint density at radius 3 is 2.37 bits per heavy atom. The number of thioether (sulfide) groups is 1. The van der Waals surface area contributed by atoms with Gasteiger partial charge in [0.25, 0.3) is 5.91 Å². The lowest BCUT2D eigenvalue weighted by Crippen LogP contribution is -2.41. The topological polar surface area (TPSA) is 79.2 Å². The van der Waals surface area contributed by atoms with Gasteiger partial charge in [0.05, 0.1) is 20.1 Å². The fourth-order valence-corrected chi connectivity index (χ4v) is 7.19. The highest BCUT2D eigenvalue weighted by Crippen LogP contribution is 2.39. The second-order valence-electron chi connectivity index (χ2n) is 10.3. The number of carboxylic acid groups (broad SMARTS) is 1. The number of halogens is 1. The van der Waals surface area contributed by atoms with Gasteiger partial charge in [0.2, 0.25) is 0 Å². The lowest BCUT2D eigenvalue weighted by atomic mass is 9.94. The maximum atomic E-state index is 13.6. The minimum atomic E-state index is -0.940. The van der Waals surface area contributed by atoms with E-state index in [-0.39, 0.29) is 17.5 Å². The summed E-state index contributed by atoms with van der Waals surface area (Å²) in [4.78, 5) is 32.6. The van der Waals surface area contributed by atoms with E-state index in [0.717, 1.165) is 56.2 Å². The van der Waals surface area contributed by atoms with Gasteiger partial charge in [-0.1, -0.05) is 56.7 Å². The molecule has 0 bridgehead atoms. The van der Waals surface area contributed by atoms with Gasteiger partial charge in [-0.15, -0.1) is 0 Å². The van der Waals surface area contributed by atoms with E-state index in [1.807, 2.05) is 29.2 Å². The molecule has 1 amide bonds. The first-order chi connectivity index (χ1) is 18.5. The van der Waals surface area contributed by atoms with Crippen molar-refractivity contribution >= 4 is 57.5 Å². The number of benzene rings is 2. The minimum Gasteiger partial charge on any atom is -0.488 e. The van der Waals surface area contributed by atoms with Gasteiger partial charge in [-0.05, 0) is 102 Å². The van der Waals surface area contributed by atoms with E-state index in [4.69, 9.17) is 14.8 Å². The summed E-state index contributed by atoms with van der Waals surface area (Å²) < 4.78 is 6.95. The maximum Gasteiger partial charge on any atom is 0.335 e. The summed E-state index contributed by atoms with van der Waals surface area (Å²) >= 11 is 3.80. The van der Waals surface area contributed by atoms with Gasteiger partial charge < -0.3 is 9.84 Å². The van der Waals surface area contributed by atoms with Gasteiger partial charge in [0.1, 0.15) is 12.4 Å². The first kappa shape index (κ1) is 27.2. The van der Waals surface area contributed by atoms with Gasteiger partial charge in [-0.25, -0.2) is 4.79 Å². The molecule has 8 heteroatoms. The number of ether oxygens (including phenoxy) is 1. The quantitative estimate of drug-likeness (QED) is 0.250. The van der Waals surface area contributed by atoms with Gasteiger partial charge in [-0.2, -0.15) is 0 Å². The number of hydrogen-bond acceptors (Lipinski definition) is 5. The smallest absolute Gasteiger partial charge is 0.335 e. The van der Waals surface area contributed by atoms with Crippen molar-refractivity contribution in [2.45, 2.75) is 82.9 Å². The fourth-order valence-electron chi connectivity index (χ4n) is 5.38. The molecule has 0 aromatic heterocycles. The number of hydrogen-bond donors (Lipinski definition) is 1. The van der Waals surface area contributed by atoms with Crippen LogP contribution in [0.2, 0.25) is 0 Å². The molecule has 2 aromatic carbocycles. The van der Waals surface area contributed by atoms with Crippen LogP contribution in [-0.2, 0) is 11.4 Å². The zero-order valence-corrected chi connectivity index (χ0v) is 24.4. The average Bonchev–Trinajstić information content (AvgIpc) is 3.23. The van der Waals surface area contributed by atoms with Crippen molar-refractivity contribution in [3.05, 3.63) is 67.6 Å². The second-order valence-corrected chi connectivity index (χ2v) is 12.4. The van der Waals surface area contributed by atoms with Crippen LogP contribution in [0.25, 0.3) is 6.08 Å². The summed E-state index contributed by atoms with van der Waals surface area (Å²) in [6, 6.07) is 13.2. The highest BCUT2D eigenvalue weighted by Gasteiger charge is 2.39. The fraction of sp³-hybridized carbons (Fsp3) is 0.433. The van der Waals surface area contributed by atoms with Crippen LogP contribution in [0.1, 0.15) is 85.7 Å². The Labute approximate surface area is 242 Å². The summed E-state index contributed by atoms with van der Waals surface area (Å²) in [5.41, 5.74) is 2.12. The Kier molecular flexibility index (Phi) is 9.09. The Hall–Kier alpha value is -2.33. The Bertz CT molecular complexity index is 1230. The van der Waals surface area contributed by atoms with Crippen LogP contribution in [-0.4, -0.2) is 39.1 Å². The van der Waals surface area contributed by atoms with Crippen molar-refractivity contribution in [1.29, 1.82) is 0 Å². The molecule has 200 valence electrons.